The van der Waals surface area contributed by atoms with Crippen molar-refractivity contribution in [3.63, 3.8) is 0 Å². The molecule has 3 heterocycles. The van der Waals surface area contributed by atoms with Crippen LogP contribution in [0.3, 0.4) is 0 Å². The van der Waals surface area contributed by atoms with E-state index in [1.807, 2.05) is 0 Å². The normalized spacial score (nSPS) is 13.0. The topological polar surface area (TPSA) is 102 Å². The summed E-state index contributed by atoms with van der Waals surface area (Å²) in [5.74, 6) is 0.935. The van der Waals surface area contributed by atoms with Crippen LogP contribution >= 0.6 is 0 Å². The number of amides is 2. The molecule has 0 aliphatic carbocycles. The van der Waals surface area contributed by atoms with Gasteiger partial charge in [0.2, 0.25) is 0 Å². The molecule has 2 amide bonds. The molecule has 0 saturated carbocycles. The van der Waals surface area contributed by atoms with Gasteiger partial charge in [-0.05, 0) is 49.4 Å². The Bertz CT molecular complexity index is 1070. The zero-order chi connectivity index (χ0) is 20.4. The van der Waals surface area contributed by atoms with Crippen molar-refractivity contribution >= 4 is 23.3 Å². The van der Waals surface area contributed by atoms with Gasteiger partial charge in [0, 0.05) is 5.56 Å². The number of rotatable bonds is 6. The molecule has 2 aromatic heterocycles. The first-order valence-electron chi connectivity index (χ1n) is 8.98. The van der Waals surface area contributed by atoms with E-state index in [-0.39, 0.29) is 43.1 Å². The third-order valence-corrected chi connectivity index (χ3v) is 4.51. The highest BCUT2D eigenvalue weighted by atomic mass is 16.5. The lowest BCUT2D eigenvalue weighted by Crippen LogP contribution is -2.38. The van der Waals surface area contributed by atoms with Gasteiger partial charge >= 0.3 is 0 Å². The highest BCUT2D eigenvalue weighted by molar-refractivity contribution is 6.01. The van der Waals surface area contributed by atoms with E-state index >= 15 is 0 Å². The predicted octanol–water partition coefficient (Wildman–Crippen LogP) is 2.93. The van der Waals surface area contributed by atoms with Gasteiger partial charge in [-0.15, -0.1) is 0 Å². The summed E-state index contributed by atoms with van der Waals surface area (Å²) in [4.78, 5) is 37.8. The fraction of sp³-hybridized carbons (Fsp3) is 0.190. The van der Waals surface area contributed by atoms with E-state index in [1.165, 1.54) is 18.1 Å². The molecular formula is C21H18N2O6. The van der Waals surface area contributed by atoms with Gasteiger partial charge in [-0.3, -0.25) is 19.3 Å². The number of hydrogen-bond acceptors (Lipinski definition) is 6. The summed E-state index contributed by atoms with van der Waals surface area (Å²) in [5, 5.41) is 2.70. The van der Waals surface area contributed by atoms with Gasteiger partial charge in [-0.2, -0.15) is 0 Å². The Morgan fingerprint density at radius 2 is 2.00 bits per heavy atom. The zero-order valence-corrected chi connectivity index (χ0v) is 15.6. The summed E-state index contributed by atoms with van der Waals surface area (Å²) < 4.78 is 16.2. The molecule has 4 rings (SSSR count). The molecule has 8 nitrogen and oxygen atoms in total. The van der Waals surface area contributed by atoms with Crippen LogP contribution in [-0.4, -0.2) is 24.2 Å². The van der Waals surface area contributed by atoms with Crippen molar-refractivity contribution in [1.82, 2.24) is 5.32 Å². The first-order chi connectivity index (χ1) is 14.0. The molecule has 0 radical (unpaired) electrons. The van der Waals surface area contributed by atoms with E-state index in [0.717, 1.165) is 0 Å². The molecule has 1 N–H and O–H groups in total. The minimum atomic E-state index is -0.389. The van der Waals surface area contributed by atoms with Crippen LogP contribution in [0.1, 0.15) is 39.4 Å². The summed E-state index contributed by atoms with van der Waals surface area (Å²) in [6, 6.07) is 11.6. The number of fused-ring (bicyclic) bond motifs is 1. The number of benzene rings is 1. The molecule has 3 aromatic rings. The van der Waals surface area contributed by atoms with Crippen LogP contribution < -0.4 is 15.0 Å². The third kappa shape index (κ3) is 3.91. The van der Waals surface area contributed by atoms with E-state index in [0.29, 0.717) is 28.5 Å². The Morgan fingerprint density at radius 1 is 1.14 bits per heavy atom. The SMILES string of the molecule is CC(=O)c1ccc2c(c1)N(Cc1ccc(C(=O)NCc3ccco3)o1)C(=O)CO2. The molecule has 1 aliphatic heterocycles. The summed E-state index contributed by atoms with van der Waals surface area (Å²) in [6.07, 6.45) is 1.53. The monoisotopic (exact) mass is 394 g/mol. The van der Waals surface area contributed by atoms with Crippen LogP contribution in [-0.2, 0) is 17.9 Å². The maximum atomic E-state index is 12.4. The lowest BCUT2D eigenvalue weighted by Gasteiger charge is -2.29. The largest absolute Gasteiger partial charge is 0.482 e. The van der Waals surface area contributed by atoms with E-state index in [9.17, 15) is 14.4 Å². The third-order valence-electron chi connectivity index (χ3n) is 4.51. The molecule has 148 valence electrons. The number of nitrogens with one attached hydrogen (secondary N) is 1. The van der Waals surface area contributed by atoms with Crippen LogP contribution in [0.15, 0.2) is 57.6 Å². The predicted molar refractivity (Wildman–Crippen MR) is 102 cm³/mol. The Kier molecular flexibility index (Phi) is 4.90. The standard InChI is InChI=1S/C21H18N2O6/c1-13(24)14-4-6-18-17(9-14)23(20(25)12-28-18)11-16-5-7-19(29-16)21(26)22-10-15-3-2-8-27-15/h2-9H,10-12H2,1H3,(H,22,26). The van der Waals surface area contributed by atoms with E-state index in [4.69, 9.17) is 13.6 Å². The minimum Gasteiger partial charge on any atom is -0.482 e. The summed E-state index contributed by atoms with van der Waals surface area (Å²) >= 11 is 0. The summed E-state index contributed by atoms with van der Waals surface area (Å²) in [7, 11) is 0. The zero-order valence-electron chi connectivity index (χ0n) is 15.6. The van der Waals surface area contributed by atoms with E-state index < -0.39 is 0 Å². The summed E-state index contributed by atoms with van der Waals surface area (Å²) in [5.41, 5.74) is 0.971. The number of anilines is 1. The van der Waals surface area contributed by atoms with Crippen molar-refractivity contribution in [2.24, 2.45) is 0 Å². The van der Waals surface area contributed by atoms with E-state index in [2.05, 4.69) is 5.32 Å². The van der Waals surface area contributed by atoms with Crippen molar-refractivity contribution in [3.8, 4) is 5.75 Å². The Labute approximate surface area is 166 Å². The molecule has 0 bridgehead atoms. The molecule has 0 fully saturated rings. The number of nitrogens with zero attached hydrogens (tertiary/aromatic N) is 1. The van der Waals surface area contributed by atoms with Gasteiger partial charge in [0.05, 0.1) is 25.0 Å². The van der Waals surface area contributed by atoms with Gasteiger partial charge in [0.15, 0.2) is 18.2 Å². The molecule has 0 spiro atoms. The highest BCUT2D eigenvalue weighted by Crippen LogP contribution is 2.34. The van der Waals surface area contributed by atoms with Crippen LogP contribution in [0, 0.1) is 0 Å². The fourth-order valence-corrected chi connectivity index (χ4v) is 3.00. The van der Waals surface area contributed by atoms with Crippen LogP contribution in [0.5, 0.6) is 5.75 Å². The average Bonchev–Trinajstić information content (AvgIpc) is 3.40. The number of ether oxygens (including phenoxy) is 1. The van der Waals surface area contributed by atoms with Gasteiger partial charge in [0.25, 0.3) is 11.8 Å². The Morgan fingerprint density at radius 3 is 2.76 bits per heavy atom. The summed E-state index contributed by atoms with van der Waals surface area (Å²) in [6.45, 7) is 1.70. The molecule has 29 heavy (non-hydrogen) atoms. The Balaban J connectivity index is 1.50. The van der Waals surface area contributed by atoms with Gasteiger partial charge < -0.3 is 18.9 Å². The molecule has 1 aromatic carbocycles. The number of carbonyl (C=O) groups excluding carboxylic acids is 3. The van der Waals surface area contributed by atoms with Crippen molar-refractivity contribution in [1.29, 1.82) is 0 Å². The van der Waals surface area contributed by atoms with Crippen molar-refractivity contribution < 1.29 is 28.0 Å². The average molecular weight is 394 g/mol. The van der Waals surface area contributed by atoms with Crippen LogP contribution in [0.2, 0.25) is 0 Å². The number of furan rings is 2. The van der Waals surface area contributed by atoms with Gasteiger partial charge in [-0.1, -0.05) is 0 Å². The Hall–Kier alpha value is -3.81. The van der Waals surface area contributed by atoms with E-state index in [1.54, 1.807) is 42.5 Å². The maximum absolute atomic E-state index is 12.4. The molecule has 0 atom stereocenters. The van der Waals surface area contributed by atoms with Crippen LogP contribution in [0.4, 0.5) is 5.69 Å². The van der Waals surface area contributed by atoms with Gasteiger partial charge in [0.1, 0.15) is 17.3 Å². The van der Waals surface area contributed by atoms with Crippen molar-refractivity contribution in [3.05, 3.63) is 71.6 Å². The number of carbonyl (C=O) groups is 3. The van der Waals surface area contributed by atoms with Gasteiger partial charge in [-0.25, -0.2) is 0 Å². The fourth-order valence-electron chi connectivity index (χ4n) is 3.00. The molecule has 0 saturated heterocycles. The van der Waals surface area contributed by atoms with Crippen molar-refractivity contribution in [2.75, 3.05) is 11.5 Å². The smallest absolute Gasteiger partial charge is 0.287 e. The lowest BCUT2D eigenvalue weighted by molar-refractivity contribution is -0.121. The first kappa shape index (κ1) is 18.5. The second-order valence-corrected chi connectivity index (χ2v) is 6.54. The number of hydrogen-bond donors (Lipinski definition) is 1. The van der Waals surface area contributed by atoms with Crippen molar-refractivity contribution in [2.45, 2.75) is 20.0 Å². The number of Topliss-reactive ketones (excluding diaryl/α,β-unsaturated/α-hetero) is 1. The maximum Gasteiger partial charge on any atom is 0.287 e. The molecular weight excluding hydrogens is 376 g/mol. The number of ketones is 1. The molecule has 1 aliphatic rings. The first-order valence-corrected chi connectivity index (χ1v) is 8.98. The second-order valence-electron chi connectivity index (χ2n) is 6.54. The quantitative estimate of drug-likeness (QED) is 0.645. The molecule has 0 unspecified atom stereocenters. The minimum absolute atomic E-state index is 0.108. The van der Waals surface area contributed by atoms with Crippen LogP contribution in [0.25, 0.3) is 0 Å². The molecule has 8 heteroatoms. The lowest BCUT2D eigenvalue weighted by atomic mass is 10.1. The highest BCUT2D eigenvalue weighted by Gasteiger charge is 2.27. The second kappa shape index (κ2) is 7.67.